The van der Waals surface area contributed by atoms with Crippen LogP contribution in [0.5, 0.6) is 0 Å². The average molecular weight is 364 g/mol. The number of hydrogen-bond acceptors (Lipinski definition) is 2. The summed E-state index contributed by atoms with van der Waals surface area (Å²) in [6, 6.07) is 4.92. The summed E-state index contributed by atoms with van der Waals surface area (Å²) < 4.78 is 40.5. The average Bonchev–Trinajstić information content (AvgIpc) is 2.42. The predicted octanol–water partition coefficient (Wildman–Crippen LogP) is 3.45. The van der Waals surface area contributed by atoms with E-state index in [4.69, 9.17) is 0 Å². The minimum absolute atomic E-state index is 0.109. The lowest BCUT2D eigenvalue weighted by atomic mass is 9.79. The molecule has 1 aromatic carbocycles. The molecule has 0 unspecified atom stereocenters. The molecule has 0 radical (unpaired) electrons. The molecular formula is C14H19BrFNO2S. The molecule has 20 heavy (non-hydrogen) atoms. The van der Waals surface area contributed by atoms with E-state index in [1.165, 1.54) is 12.1 Å². The van der Waals surface area contributed by atoms with Gasteiger partial charge in [0, 0.05) is 10.9 Å². The van der Waals surface area contributed by atoms with Crippen LogP contribution in [0, 0.1) is 11.7 Å². The van der Waals surface area contributed by atoms with Crippen molar-refractivity contribution in [3.8, 4) is 0 Å². The highest BCUT2D eigenvalue weighted by Crippen LogP contribution is 2.34. The van der Waals surface area contributed by atoms with E-state index in [9.17, 15) is 12.8 Å². The van der Waals surface area contributed by atoms with Crippen LogP contribution >= 0.6 is 15.9 Å². The maximum Gasteiger partial charge on any atom is 0.241 e. The minimum atomic E-state index is -3.61. The molecule has 112 valence electrons. The zero-order valence-corrected chi connectivity index (χ0v) is 13.8. The Morgan fingerprint density at radius 1 is 1.30 bits per heavy atom. The predicted molar refractivity (Wildman–Crippen MR) is 80.9 cm³/mol. The number of rotatable bonds is 4. The third-order valence-electron chi connectivity index (χ3n) is 3.96. The fraction of sp³-hybridized carbons (Fsp3) is 0.571. The summed E-state index contributed by atoms with van der Waals surface area (Å²) in [7, 11) is -3.61. The monoisotopic (exact) mass is 363 g/mol. The van der Waals surface area contributed by atoms with E-state index in [0.29, 0.717) is 11.2 Å². The number of benzene rings is 1. The molecule has 3 nitrogen and oxygen atoms in total. The van der Waals surface area contributed by atoms with Gasteiger partial charge in [0.2, 0.25) is 10.0 Å². The van der Waals surface area contributed by atoms with Crippen molar-refractivity contribution < 1.29 is 12.8 Å². The number of nitrogens with one attached hydrogen (secondary N) is 1. The second-order valence-electron chi connectivity index (χ2n) is 5.66. The summed E-state index contributed by atoms with van der Waals surface area (Å²) in [6.45, 7) is 2.19. The molecule has 0 heterocycles. The van der Waals surface area contributed by atoms with Crippen LogP contribution in [0.3, 0.4) is 0 Å². The Kier molecular flexibility index (Phi) is 4.87. The third kappa shape index (κ3) is 3.59. The quantitative estimate of drug-likeness (QED) is 0.832. The second kappa shape index (κ2) is 6.12. The van der Waals surface area contributed by atoms with Gasteiger partial charge >= 0.3 is 0 Å². The lowest BCUT2D eigenvalue weighted by molar-refractivity contribution is 0.250. The molecule has 0 amide bonds. The maximum atomic E-state index is 12.9. The molecule has 1 fully saturated rings. The molecule has 0 aliphatic heterocycles. The largest absolute Gasteiger partial charge is 0.241 e. The topological polar surface area (TPSA) is 46.2 Å². The Bertz CT molecular complexity index is 551. The van der Waals surface area contributed by atoms with E-state index in [0.717, 1.165) is 37.8 Å². The first-order valence-electron chi connectivity index (χ1n) is 6.72. The van der Waals surface area contributed by atoms with Gasteiger partial charge in [0.25, 0.3) is 0 Å². The molecule has 0 bridgehead atoms. The van der Waals surface area contributed by atoms with Crippen molar-refractivity contribution in [2.24, 2.45) is 5.92 Å². The first kappa shape index (κ1) is 15.9. The Hall–Kier alpha value is -0.460. The zero-order chi connectivity index (χ0) is 14.8. The van der Waals surface area contributed by atoms with Crippen molar-refractivity contribution >= 4 is 26.0 Å². The van der Waals surface area contributed by atoms with Crippen molar-refractivity contribution in [3.63, 3.8) is 0 Å². The van der Waals surface area contributed by atoms with Crippen LogP contribution in [0.15, 0.2) is 29.2 Å². The SMILES string of the molecule is CC1CCC(CBr)(NS(=O)(=O)c2ccc(F)cc2)CC1. The van der Waals surface area contributed by atoms with E-state index in [1.54, 1.807) is 0 Å². The van der Waals surface area contributed by atoms with Crippen molar-refractivity contribution in [3.05, 3.63) is 30.1 Å². The molecule has 1 saturated carbocycles. The number of sulfonamides is 1. The van der Waals surface area contributed by atoms with Gasteiger partial charge in [-0.3, -0.25) is 0 Å². The minimum Gasteiger partial charge on any atom is -0.207 e. The van der Waals surface area contributed by atoms with Crippen LogP contribution in [-0.4, -0.2) is 19.3 Å². The molecule has 2 rings (SSSR count). The fourth-order valence-corrected chi connectivity index (χ4v) is 4.88. The molecule has 0 aromatic heterocycles. The zero-order valence-electron chi connectivity index (χ0n) is 11.4. The standard InChI is InChI=1S/C14H19BrFNO2S/c1-11-6-8-14(10-15,9-7-11)17-20(18,19)13-4-2-12(16)3-5-13/h2-5,11,17H,6-10H2,1H3. The fourth-order valence-electron chi connectivity index (χ4n) is 2.54. The summed E-state index contributed by atoms with van der Waals surface area (Å²) in [5.41, 5.74) is -0.431. The van der Waals surface area contributed by atoms with E-state index >= 15 is 0 Å². The summed E-state index contributed by atoms with van der Waals surface area (Å²) in [4.78, 5) is 0.109. The second-order valence-corrected chi connectivity index (χ2v) is 7.90. The highest BCUT2D eigenvalue weighted by molar-refractivity contribution is 9.09. The van der Waals surface area contributed by atoms with Crippen LogP contribution < -0.4 is 4.72 Å². The van der Waals surface area contributed by atoms with E-state index < -0.39 is 21.4 Å². The van der Waals surface area contributed by atoms with E-state index in [-0.39, 0.29) is 4.90 Å². The summed E-state index contributed by atoms with van der Waals surface area (Å²) in [5.74, 6) is 0.197. The van der Waals surface area contributed by atoms with Crippen molar-refractivity contribution in [1.29, 1.82) is 0 Å². The molecular weight excluding hydrogens is 345 g/mol. The van der Waals surface area contributed by atoms with Crippen molar-refractivity contribution in [1.82, 2.24) is 4.72 Å². The first-order valence-corrected chi connectivity index (χ1v) is 9.33. The number of hydrogen-bond donors (Lipinski definition) is 1. The molecule has 1 aliphatic carbocycles. The molecule has 6 heteroatoms. The van der Waals surface area contributed by atoms with E-state index in [2.05, 4.69) is 27.6 Å². The Labute approximate surface area is 128 Å². The Balaban J connectivity index is 2.20. The van der Waals surface area contributed by atoms with E-state index in [1.807, 2.05) is 0 Å². The summed E-state index contributed by atoms with van der Waals surface area (Å²) in [6.07, 6.45) is 3.66. The van der Waals surface area contributed by atoms with Gasteiger partial charge in [-0.15, -0.1) is 0 Å². The molecule has 0 saturated heterocycles. The van der Waals surface area contributed by atoms with Gasteiger partial charge in [-0.1, -0.05) is 22.9 Å². The van der Waals surface area contributed by atoms with Gasteiger partial charge in [0.15, 0.2) is 0 Å². The van der Waals surface area contributed by atoms with Gasteiger partial charge < -0.3 is 0 Å². The maximum absolute atomic E-state index is 12.9. The lowest BCUT2D eigenvalue weighted by Gasteiger charge is -2.38. The van der Waals surface area contributed by atoms with Gasteiger partial charge in [-0.25, -0.2) is 17.5 Å². The molecule has 0 spiro atoms. The highest BCUT2D eigenvalue weighted by atomic mass is 79.9. The molecule has 1 aliphatic rings. The summed E-state index contributed by atoms with van der Waals surface area (Å²) >= 11 is 3.44. The Morgan fingerprint density at radius 2 is 1.85 bits per heavy atom. The van der Waals surface area contributed by atoms with Crippen molar-refractivity contribution in [2.75, 3.05) is 5.33 Å². The van der Waals surface area contributed by atoms with Crippen LogP contribution in [0.2, 0.25) is 0 Å². The molecule has 1 N–H and O–H groups in total. The van der Waals surface area contributed by atoms with Gasteiger partial charge in [0.05, 0.1) is 4.90 Å². The third-order valence-corrected chi connectivity index (χ3v) is 6.63. The highest BCUT2D eigenvalue weighted by Gasteiger charge is 2.37. The lowest BCUT2D eigenvalue weighted by Crippen LogP contribution is -2.51. The van der Waals surface area contributed by atoms with Gasteiger partial charge in [-0.2, -0.15) is 0 Å². The van der Waals surface area contributed by atoms with Crippen LogP contribution in [0.25, 0.3) is 0 Å². The number of alkyl halides is 1. The molecule has 0 atom stereocenters. The smallest absolute Gasteiger partial charge is 0.207 e. The molecule has 1 aromatic rings. The number of halogens is 2. The van der Waals surface area contributed by atoms with Gasteiger partial charge in [-0.05, 0) is 55.9 Å². The normalized spacial score (nSPS) is 27.4. The van der Waals surface area contributed by atoms with Crippen LogP contribution in [-0.2, 0) is 10.0 Å². The van der Waals surface area contributed by atoms with Crippen LogP contribution in [0.1, 0.15) is 32.6 Å². The van der Waals surface area contributed by atoms with Gasteiger partial charge in [0.1, 0.15) is 5.82 Å². The first-order chi connectivity index (χ1) is 9.37. The Morgan fingerprint density at radius 3 is 2.35 bits per heavy atom. The summed E-state index contributed by atoms with van der Waals surface area (Å²) in [5, 5.41) is 0.590. The van der Waals surface area contributed by atoms with Crippen LogP contribution in [0.4, 0.5) is 4.39 Å². The van der Waals surface area contributed by atoms with Crippen molar-refractivity contribution in [2.45, 2.75) is 43.0 Å².